The van der Waals surface area contributed by atoms with Crippen LogP contribution in [0.2, 0.25) is 5.02 Å². The molecule has 2 N–H and O–H groups in total. The van der Waals surface area contributed by atoms with Crippen LogP contribution in [0.1, 0.15) is 10.4 Å². The van der Waals surface area contributed by atoms with Crippen molar-refractivity contribution in [3.8, 4) is 22.6 Å². The van der Waals surface area contributed by atoms with Gasteiger partial charge in [0.2, 0.25) is 0 Å². The Morgan fingerprint density at radius 2 is 1.73 bits per heavy atom. The molecular weight excluding hydrogens is 418 g/mol. The molecule has 0 aromatic heterocycles. The van der Waals surface area contributed by atoms with Crippen LogP contribution in [-0.4, -0.2) is 13.1 Å². The SMILES string of the molecule is COC(=O)c1cc(Oc2ccc(Cl)cc2)c(N)c(-c2ccccc2Br)c1. The minimum atomic E-state index is -0.473. The highest BCUT2D eigenvalue weighted by Crippen LogP contribution is 2.40. The van der Waals surface area contributed by atoms with Crippen LogP contribution in [0.25, 0.3) is 11.1 Å². The maximum Gasteiger partial charge on any atom is 0.338 e. The van der Waals surface area contributed by atoms with Crippen LogP contribution in [0.3, 0.4) is 0 Å². The molecule has 0 aliphatic rings. The van der Waals surface area contributed by atoms with Gasteiger partial charge in [0.25, 0.3) is 0 Å². The van der Waals surface area contributed by atoms with E-state index >= 15 is 0 Å². The second-order valence-electron chi connectivity index (χ2n) is 5.46. The highest BCUT2D eigenvalue weighted by atomic mass is 79.9. The molecule has 0 amide bonds. The van der Waals surface area contributed by atoms with Gasteiger partial charge < -0.3 is 15.2 Å². The Morgan fingerprint density at radius 3 is 2.38 bits per heavy atom. The Kier molecular flexibility index (Phi) is 5.49. The Hall–Kier alpha value is -2.50. The van der Waals surface area contributed by atoms with Gasteiger partial charge in [0.1, 0.15) is 5.75 Å². The van der Waals surface area contributed by atoms with Crippen molar-refractivity contribution in [3.63, 3.8) is 0 Å². The van der Waals surface area contributed by atoms with Gasteiger partial charge in [-0.2, -0.15) is 0 Å². The third-order valence-electron chi connectivity index (χ3n) is 3.77. The fourth-order valence-electron chi connectivity index (χ4n) is 2.48. The molecule has 0 radical (unpaired) electrons. The first-order valence-electron chi connectivity index (χ1n) is 7.69. The predicted molar refractivity (Wildman–Crippen MR) is 107 cm³/mol. The summed E-state index contributed by atoms with van der Waals surface area (Å²) in [4.78, 5) is 12.1. The number of ether oxygens (including phenoxy) is 2. The lowest BCUT2D eigenvalue weighted by Crippen LogP contribution is -2.04. The van der Waals surface area contributed by atoms with E-state index in [2.05, 4.69) is 15.9 Å². The van der Waals surface area contributed by atoms with E-state index in [-0.39, 0.29) is 0 Å². The van der Waals surface area contributed by atoms with Gasteiger partial charge in [-0.05, 0) is 48.0 Å². The number of nitrogen functional groups attached to an aromatic ring is 1. The number of methoxy groups -OCH3 is 1. The van der Waals surface area contributed by atoms with Gasteiger partial charge in [-0.3, -0.25) is 0 Å². The smallest absolute Gasteiger partial charge is 0.338 e. The molecule has 3 aromatic rings. The lowest BCUT2D eigenvalue weighted by atomic mass is 10.00. The first-order chi connectivity index (χ1) is 12.5. The second-order valence-corrected chi connectivity index (χ2v) is 6.75. The average Bonchev–Trinajstić information content (AvgIpc) is 2.65. The Balaban J connectivity index is 2.14. The Morgan fingerprint density at radius 1 is 1.04 bits per heavy atom. The molecule has 132 valence electrons. The second kappa shape index (κ2) is 7.81. The number of benzene rings is 3. The molecule has 3 rings (SSSR count). The van der Waals surface area contributed by atoms with Crippen LogP contribution >= 0.6 is 27.5 Å². The van der Waals surface area contributed by atoms with E-state index in [0.29, 0.717) is 33.3 Å². The van der Waals surface area contributed by atoms with E-state index in [1.807, 2.05) is 24.3 Å². The summed E-state index contributed by atoms with van der Waals surface area (Å²) in [7, 11) is 1.33. The molecule has 4 nitrogen and oxygen atoms in total. The molecular formula is C20H15BrClNO3. The number of nitrogens with two attached hydrogens (primary N) is 1. The lowest BCUT2D eigenvalue weighted by Gasteiger charge is -2.15. The predicted octanol–water partition coefficient (Wildman–Crippen LogP) is 5.93. The van der Waals surface area contributed by atoms with Crippen LogP contribution in [0.4, 0.5) is 5.69 Å². The maximum absolute atomic E-state index is 12.1. The van der Waals surface area contributed by atoms with E-state index in [9.17, 15) is 4.79 Å². The number of carbonyl (C=O) groups excluding carboxylic acids is 1. The van der Waals surface area contributed by atoms with Crippen LogP contribution in [0.15, 0.2) is 65.1 Å². The van der Waals surface area contributed by atoms with E-state index in [4.69, 9.17) is 26.8 Å². The summed E-state index contributed by atoms with van der Waals surface area (Å²) >= 11 is 9.43. The molecule has 0 bridgehead atoms. The average molecular weight is 433 g/mol. The summed E-state index contributed by atoms with van der Waals surface area (Å²) in [6.45, 7) is 0. The molecule has 0 heterocycles. The summed E-state index contributed by atoms with van der Waals surface area (Å²) in [6, 6.07) is 17.7. The molecule has 26 heavy (non-hydrogen) atoms. The number of halogens is 2. The zero-order chi connectivity index (χ0) is 18.7. The van der Waals surface area contributed by atoms with Crippen molar-refractivity contribution in [3.05, 3.63) is 75.7 Å². The number of hydrogen-bond acceptors (Lipinski definition) is 4. The van der Waals surface area contributed by atoms with Crippen molar-refractivity contribution in [2.75, 3.05) is 12.8 Å². The van der Waals surface area contributed by atoms with Gasteiger partial charge >= 0.3 is 5.97 Å². The van der Waals surface area contributed by atoms with Gasteiger partial charge in [-0.15, -0.1) is 0 Å². The van der Waals surface area contributed by atoms with Crippen molar-refractivity contribution in [1.29, 1.82) is 0 Å². The summed E-state index contributed by atoms with van der Waals surface area (Å²) in [5, 5.41) is 0.600. The minimum Gasteiger partial charge on any atom is -0.465 e. The van der Waals surface area contributed by atoms with Crippen LogP contribution in [-0.2, 0) is 4.74 Å². The number of rotatable bonds is 4. The van der Waals surface area contributed by atoms with E-state index in [1.165, 1.54) is 7.11 Å². The lowest BCUT2D eigenvalue weighted by molar-refractivity contribution is 0.0600. The highest BCUT2D eigenvalue weighted by molar-refractivity contribution is 9.10. The molecule has 0 aliphatic carbocycles. The third-order valence-corrected chi connectivity index (χ3v) is 4.71. The number of carbonyl (C=O) groups is 1. The Labute approximate surface area is 164 Å². The van der Waals surface area contributed by atoms with Crippen molar-refractivity contribution in [2.45, 2.75) is 0 Å². The monoisotopic (exact) mass is 431 g/mol. The molecule has 0 saturated carbocycles. The molecule has 0 saturated heterocycles. The van der Waals surface area contributed by atoms with Gasteiger partial charge in [0, 0.05) is 15.1 Å². The van der Waals surface area contributed by atoms with Gasteiger partial charge in [-0.1, -0.05) is 45.7 Å². The minimum absolute atomic E-state index is 0.344. The zero-order valence-electron chi connectivity index (χ0n) is 13.8. The highest BCUT2D eigenvalue weighted by Gasteiger charge is 2.17. The molecule has 0 fully saturated rings. The Bertz CT molecular complexity index is 958. The molecule has 0 unspecified atom stereocenters. The summed E-state index contributed by atoms with van der Waals surface area (Å²) in [5.41, 5.74) is 8.62. The number of esters is 1. The molecule has 0 atom stereocenters. The van der Waals surface area contributed by atoms with E-state index in [1.54, 1.807) is 36.4 Å². The largest absolute Gasteiger partial charge is 0.465 e. The molecule has 0 aliphatic heterocycles. The standard InChI is InChI=1S/C20H15BrClNO3/c1-25-20(24)12-10-16(15-4-2-3-5-17(15)21)19(23)18(11-12)26-14-8-6-13(22)7-9-14/h2-11H,23H2,1H3. The van der Waals surface area contributed by atoms with Crippen LogP contribution < -0.4 is 10.5 Å². The van der Waals surface area contributed by atoms with E-state index in [0.717, 1.165) is 10.0 Å². The summed E-state index contributed by atoms with van der Waals surface area (Å²) < 4.78 is 11.6. The molecule has 3 aromatic carbocycles. The van der Waals surface area contributed by atoms with Gasteiger partial charge in [-0.25, -0.2) is 4.79 Å². The normalized spacial score (nSPS) is 10.4. The van der Waals surface area contributed by atoms with Crippen LogP contribution in [0, 0.1) is 0 Å². The van der Waals surface area contributed by atoms with E-state index < -0.39 is 5.97 Å². The van der Waals surface area contributed by atoms with Crippen molar-refractivity contribution < 1.29 is 14.3 Å². The quantitative estimate of drug-likeness (QED) is 0.410. The first kappa shape index (κ1) is 18.3. The topological polar surface area (TPSA) is 61.5 Å². The third kappa shape index (κ3) is 3.84. The van der Waals surface area contributed by atoms with Crippen molar-refractivity contribution >= 4 is 39.2 Å². The fraction of sp³-hybridized carbons (Fsp3) is 0.0500. The van der Waals surface area contributed by atoms with Crippen molar-refractivity contribution in [1.82, 2.24) is 0 Å². The first-order valence-corrected chi connectivity index (χ1v) is 8.87. The van der Waals surface area contributed by atoms with Gasteiger partial charge in [0.15, 0.2) is 5.75 Å². The number of anilines is 1. The fourth-order valence-corrected chi connectivity index (χ4v) is 3.10. The molecule has 0 spiro atoms. The zero-order valence-corrected chi connectivity index (χ0v) is 16.2. The summed E-state index contributed by atoms with van der Waals surface area (Å²) in [6.07, 6.45) is 0. The molecule has 6 heteroatoms. The van der Waals surface area contributed by atoms with Gasteiger partial charge in [0.05, 0.1) is 18.4 Å². The number of hydrogen-bond donors (Lipinski definition) is 1. The maximum atomic E-state index is 12.1. The van der Waals surface area contributed by atoms with Crippen molar-refractivity contribution in [2.24, 2.45) is 0 Å². The van der Waals surface area contributed by atoms with Crippen LogP contribution in [0.5, 0.6) is 11.5 Å². The summed E-state index contributed by atoms with van der Waals surface area (Å²) in [5.74, 6) is 0.446.